The van der Waals surface area contributed by atoms with Crippen molar-refractivity contribution in [2.24, 2.45) is 5.92 Å². The zero-order chi connectivity index (χ0) is 17.9. The normalized spacial score (nSPS) is 15.8. The van der Waals surface area contributed by atoms with Gasteiger partial charge in [0, 0.05) is 13.1 Å². The van der Waals surface area contributed by atoms with Gasteiger partial charge in [-0.25, -0.2) is 0 Å². The third-order valence-corrected chi connectivity index (χ3v) is 4.46. The highest BCUT2D eigenvalue weighted by atomic mass is 16.6. The molecule has 2 aromatic rings. The van der Waals surface area contributed by atoms with Gasteiger partial charge in [0.25, 0.3) is 0 Å². The van der Waals surface area contributed by atoms with Crippen molar-refractivity contribution in [3.63, 3.8) is 0 Å². The van der Waals surface area contributed by atoms with Crippen LogP contribution in [0.15, 0.2) is 60.7 Å². The van der Waals surface area contributed by atoms with E-state index in [9.17, 15) is 4.79 Å². The molecule has 0 radical (unpaired) electrons. The number of hydrogen-bond donors (Lipinski definition) is 0. The highest BCUT2D eigenvalue weighted by Crippen LogP contribution is 2.35. The van der Waals surface area contributed by atoms with Crippen LogP contribution in [0.1, 0.15) is 44.4 Å². The highest BCUT2D eigenvalue weighted by molar-refractivity contribution is 5.70. The Balaban J connectivity index is 1.66. The predicted molar refractivity (Wildman–Crippen MR) is 100 cm³/mol. The summed E-state index contributed by atoms with van der Waals surface area (Å²) in [5.74, 6) is 0.290. The van der Waals surface area contributed by atoms with Crippen LogP contribution in [0, 0.1) is 5.92 Å². The molecule has 0 unspecified atom stereocenters. The van der Waals surface area contributed by atoms with Crippen LogP contribution in [0.3, 0.4) is 0 Å². The number of benzene rings is 2. The zero-order valence-corrected chi connectivity index (χ0v) is 15.3. The molecule has 0 amide bonds. The minimum atomic E-state index is -0.406. The number of carbonyl (C=O) groups excluding carboxylic acids is 1. The molecule has 1 aliphatic rings. The van der Waals surface area contributed by atoms with E-state index in [1.54, 1.807) is 0 Å². The summed E-state index contributed by atoms with van der Waals surface area (Å²) in [6.07, 6.45) is 0.504. The Labute approximate surface area is 150 Å². The lowest BCUT2D eigenvalue weighted by molar-refractivity contribution is -0.157. The smallest absolute Gasteiger partial charge is 0.306 e. The lowest BCUT2D eigenvalue weighted by Gasteiger charge is -2.44. The molecule has 0 bridgehead atoms. The van der Waals surface area contributed by atoms with Gasteiger partial charge in [-0.2, -0.15) is 0 Å². The van der Waals surface area contributed by atoms with Gasteiger partial charge in [0.1, 0.15) is 5.60 Å². The Bertz CT molecular complexity index is 645. The summed E-state index contributed by atoms with van der Waals surface area (Å²) in [6.45, 7) is 7.60. The van der Waals surface area contributed by atoms with Crippen molar-refractivity contribution in [1.82, 2.24) is 4.90 Å². The van der Waals surface area contributed by atoms with E-state index >= 15 is 0 Å². The van der Waals surface area contributed by atoms with Gasteiger partial charge in [-0.1, -0.05) is 60.7 Å². The lowest BCUT2D eigenvalue weighted by atomic mass is 9.89. The van der Waals surface area contributed by atoms with Gasteiger partial charge in [-0.05, 0) is 37.8 Å². The molecule has 0 saturated carbocycles. The van der Waals surface area contributed by atoms with Crippen LogP contribution in [0.2, 0.25) is 0 Å². The maximum Gasteiger partial charge on any atom is 0.306 e. The second-order valence-electron chi connectivity index (χ2n) is 7.83. The van der Waals surface area contributed by atoms with E-state index in [-0.39, 0.29) is 12.0 Å². The summed E-state index contributed by atoms with van der Waals surface area (Å²) >= 11 is 0. The van der Waals surface area contributed by atoms with E-state index in [1.807, 2.05) is 32.9 Å². The summed E-state index contributed by atoms with van der Waals surface area (Å²) in [5, 5.41) is 0. The molecule has 0 spiro atoms. The molecule has 1 heterocycles. The molecule has 0 aliphatic carbocycles. The number of hydrogen-bond acceptors (Lipinski definition) is 3. The molecule has 3 nitrogen and oxygen atoms in total. The third kappa shape index (κ3) is 4.70. The van der Waals surface area contributed by atoms with Crippen molar-refractivity contribution < 1.29 is 9.53 Å². The van der Waals surface area contributed by atoms with Crippen molar-refractivity contribution in [2.75, 3.05) is 13.1 Å². The summed E-state index contributed by atoms with van der Waals surface area (Å²) in [5.41, 5.74) is 2.19. The molecule has 132 valence electrons. The number of ether oxygens (including phenoxy) is 1. The SMILES string of the molecule is CC(C)(C)OC(=O)CC1CN(C(c2ccccc2)c2ccccc2)C1. The minimum absolute atomic E-state index is 0.0897. The predicted octanol–water partition coefficient (Wildman–Crippen LogP) is 4.44. The summed E-state index contributed by atoms with van der Waals surface area (Å²) in [7, 11) is 0. The second-order valence-corrected chi connectivity index (χ2v) is 7.83. The largest absolute Gasteiger partial charge is 0.460 e. The molecule has 0 N–H and O–H groups in total. The standard InChI is InChI=1S/C22H27NO2/c1-22(2,3)25-20(24)14-17-15-23(16-17)21(18-10-6-4-7-11-18)19-12-8-5-9-13-19/h4-13,17,21H,14-16H2,1-3H3. The summed E-state index contributed by atoms with van der Waals surface area (Å²) < 4.78 is 5.45. The average Bonchev–Trinajstić information content (AvgIpc) is 2.53. The molecule has 0 aromatic heterocycles. The number of likely N-dealkylation sites (tertiary alicyclic amines) is 1. The quantitative estimate of drug-likeness (QED) is 0.756. The number of carbonyl (C=O) groups is 1. The molecular weight excluding hydrogens is 310 g/mol. The zero-order valence-electron chi connectivity index (χ0n) is 15.3. The molecule has 1 aliphatic heterocycles. The monoisotopic (exact) mass is 337 g/mol. The van der Waals surface area contributed by atoms with Gasteiger partial charge in [-0.3, -0.25) is 9.69 Å². The molecular formula is C22H27NO2. The Kier molecular flexibility index (Phi) is 5.24. The second kappa shape index (κ2) is 7.40. The van der Waals surface area contributed by atoms with Crippen molar-refractivity contribution >= 4 is 5.97 Å². The number of nitrogens with zero attached hydrogens (tertiary/aromatic N) is 1. The van der Waals surface area contributed by atoms with E-state index in [1.165, 1.54) is 11.1 Å². The fourth-order valence-corrected chi connectivity index (χ4v) is 3.45. The lowest BCUT2D eigenvalue weighted by Crippen LogP contribution is -2.49. The van der Waals surface area contributed by atoms with Crippen LogP contribution >= 0.6 is 0 Å². The Hall–Kier alpha value is -2.13. The van der Waals surface area contributed by atoms with E-state index in [4.69, 9.17) is 4.74 Å². The Morgan fingerprint density at radius 2 is 1.48 bits per heavy atom. The molecule has 25 heavy (non-hydrogen) atoms. The first-order valence-electron chi connectivity index (χ1n) is 8.98. The topological polar surface area (TPSA) is 29.5 Å². The number of rotatable bonds is 5. The van der Waals surface area contributed by atoms with Crippen LogP contribution in [-0.2, 0) is 9.53 Å². The first-order chi connectivity index (χ1) is 11.9. The summed E-state index contributed by atoms with van der Waals surface area (Å²) in [6, 6.07) is 21.4. The van der Waals surface area contributed by atoms with E-state index in [2.05, 4.69) is 53.4 Å². The number of esters is 1. The minimum Gasteiger partial charge on any atom is -0.460 e. The first kappa shape index (κ1) is 17.7. The Morgan fingerprint density at radius 3 is 1.92 bits per heavy atom. The molecule has 3 heteroatoms. The van der Waals surface area contributed by atoms with Crippen LogP contribution in [-0.4, -0.2) is 29.6 Å². The van der Waals surface area contributed by atoms with Crippen LogP contribution < -0.4 is 0 Å². The van der Waals surface area contributed by atoms with Gasteiger partial charge in [0.05, 0.1) is 12.5 Å². The van der Waals surface area contributed by atoms with Crippen LogP contribution in [0.5, 0.6) is 0 Å². The molecule has 0 atom stereocenters. The highest BCUT2D eigenvalue weighted by Gasteiger charge is 2.35. The van der Waals surface area contributed by atoms with E-state index in [0.717, 1.165) is 13.1 Å². The average molecular weight is 337 g/mol. The summed E-state index contributed by atoms with van der Waals surface area (Å²) in [4.78, 5) is 14.5. The molecule has 3 rings (SSSR count). The third-order valence-electron chi connectivity index (χ3n) is 4.46. The van der Waals surface area contributed by atoms with Crippen LogP contribution in [0.25, 0.3) is 0 Å². The van der Waals surface area contributed by atoms with E-state index in [0.29, 0.717) is 12.3 Å². The van der Waals surface area contributed by atoms with Crippen molar-refractivity contribution in [2.45, 2.75) is 38.8 Å². The van der Waals surface area contributed by atoms with Gasteiger partial charge < -0.3 is 4.74 Å². The maximum atomic E-state index is 12.0. The van der Waals surface area contributed by atoms with Gasteiger partial charge in [-0.15, -0.1) is 0 Å². The van der Waals surface area contributed by atoms with Gasteiger partial charge in [0.2, 0.25) is 0 Å². The van der Waals surface area contributed by atoms with Crippen molar-refractivity contribution in [3.8, 4) is 0 Å². The molecule has 1 saturated heterocycles. The van der Waals surface area contributed by atoms with Crippen LogP contribution in [0.4, 0.5) is 0 Å². The molecule has 2 aromatic carbocycles. The fraction of sp³-hybridized carbons (Fsp3) is 0.409. The Morgan fingerprint density at radius 1 is 1.00 bits per heavy atom. The van der Waals surface area contributed by atoms with Gasteiger partial charge in [0.15, 0.2) is 0 Å². The van der Waals surface area contributed by atoms with E-state index < -0.39 is 5.60 Å². The molecule has 1 fully saturated rings. The van der Waals surface area contributed by atoms with Crippen molar-refractivity contribution in [1.29, 1.82) is 0 Å². The van der Waals surface area contributed by atoms with Gasteiger partial charge >= 0.3 is 5.97 Å². The fourth-order valence-electron chi connectivity index (χ4n) is 3.45. The first-order valence-corrected chi connectivity index (χ1v) is 8.98. The maximum absolute atomic E-state index is 12.0. The van der Waals surface area contributed by atoms with Crippen molar-refractivity contribution in [3.05, 3.63) is 71.8 Å².